The zero-order valence-electron chi connectivity index (χ0n) is 72.0. The van der Waals surface area contributed by atoms with E-state index in [1.54, 1.807) is 0 Å². The minimum atomic E-state index is -4.66. The van der Waals surface area contributed by atoms with Gasteiger partial charge in [0.15, 0.2) is 12.2 Å². The van der Waals surface area contributed by atoms with Crippen molar-refractivity contribution >= 4 is 39.5 Å². The average molecular weight is 1610 g/mol. The van der Waals surface area contributed by atoms with Crippen molar-refractivity contribution in [2.75, 3.05) is 119 Å². The molecule has 0 aromatic heterocycles. The van der Waals surface area contributed by atoms with Gasteiger partial charge in [-0.05, 0) is 25.7 Å². The molecule has 2 fully saturated rings. The van der Waals surface area contributed by atoms with Crippen LogP contribution in [-0.2, 0) is 74.8 Å². The summed E-state index contributed by atoms with van der Waals surface area (Å²) >= 11 is 0. The van der Waals surface area contributed by atoms with Crippen molar-refractivity contribution in [3.63, 3.8) is 0 Å². The topological polar surface area (TPSA) is 241 Å². The second-order valence-electron chi connectivity index (χ2n) is 32.9. The number of rotatable bonds is 80. The van der Waals surface area contributed by atoms with Gasteiger partial charge in [-0.15, -0.1) is 0 Å². The molecule has 0 aromatic rings. The fourth-order valence-corrected chi connectivity index (χ4v) is 15.7. The number of nitrogens with zero attached hydrogens (tertiary/aromatic N) is 2. The molecule has 0 bridgehead atoms. The van der Waals surface area contributed by atoms with Crippen LogP contribution in [0.3, 0.4) is 0 Å². The third-order valence-corrected chi connectivity index (χ3v) is 24.0. The van der Waals surface area contributed by atoms with E-state index in [-0.39, 0.29) is 64.0 Å². The van der Waals surface area contributed by atoms with Crippen LogP contribution in [0, 0.1) is 0 Å². The quantitative estimate of drug-likeness (QED) is 0.0181. The van der Waals surface area contributed by atoms with Crippen LogP contribution in [0.1, 0.15) is 413 Å². The molecule has 0 radical (unpaired) electrons. The van der Waals surface area contributed by atoms with Crippen LogP contribution in [0.2, 0.25) is 0 Å². The highest BCUT2D eigenvalue weighted by atomic mass is 31.2. The second-order valence-corrected chi connectivity index (χ2v) is 35.8. The number of hydrogen-bond donors (Lipinski definition) is 0. The second kappa shape index (κ2) is 75.7. The molecule has 20 nitrogen and oxygen atoms in total. The Kier molecular flexibility index (Phi) is 72.9. The van der Waals surface area contributed by atoms with Gasteiger partial charge in [-0.25, -0.2) is 0 Å². The normalized spacial score (nSPS) is 15.8. The van der Waals surface area contributed by atoms with Gasteiger partial charge in [0.2, 0.25) is 0 Å². The summed E-state index contributed by atoms with van der Waals surface area (Å²) in [5, 5.41) is 0. The number of phosphoric acid groups is 2. The van der Waals surface area contributed by atoms with Crippen LogP contribution in [0.15, 0.2) is 0 Å². The Hall–Kier alpha value is -2.06. The maximum atomic E-state index is 12.8. The van der Waals surface area contributed by atoms with Crippen molar-refractivity contribution in [3.8, 4) is 0 Å². The summed E-state index contributed by atoms with van der Waals surface area (Å²) in [5.41, 5.74) is 0. The van der Waals surface area contributed by atoms with Crippen LogP contribution >= 0.6 is 15.6 Å². The van der Waals surface area contributed by atoms with E-state index >= 15 is 0 Å². The molecule has 0 aliphatic carbocycles. The molecule has 2 rings (SSSR count). The zero-order valence-corrected chi connectivity index (χ0v) is 73.8. The molecule has 2 heterocycles. The molecule has 652 valence electrons. The molecule has 4 unspecified atom stereocenters. The molecule has 0 amide bonds. The number of quaternary nitrogens is 2. The molecule has 110 heavy (non-hydrogen) atoms. The van der Waals surface area contributed by atoms with Crippen LogP contribution in [0.5, 0.6) is 0 Å². The van der Waals surface area contributed by atoms with Gasteiger partial charge >= 0.3 is 23.9 Å². The number of phosphoric ester groups is 2. The molecule has 22 heteroatoms. The summed E-state index contributed by atoms with van der Waals surface area (Å²) in [7, 11) is -5.22. The molecule has 0 spiro atoms. The fraction of sp³-hybridized carbons (Fsp3) is 0.955. The highest BCUT2D eigenvalue weighted by Crippen LogP contribution is 2.40. The Balaban J connectivity index is 0.00000110. The van der Waals surface area contributed by atoms with E-state index in [9.17, 15) is 38.1 Å². The number of likely N-dealkylation sites (N-methyl/N-ethyl adjacent to an activating group) is 2. The molecule has 0 N–H and O–H groups in total. The van der Waals surface area contributed by atoms with Gasteiger partial charge in [-0.3, -0.25) is 28.3 Å². The SMILES string of the molecule is CCCCCCCCCCCCCCCC(=O)OCC(COP(=O)([O-])OCC[N+]1(C)CCOCC1)OC(=O)CCCCCCCCCCCCCCC.CCCCCCCCCCCCCCCCCC(=O)OCC(COP(=O)([O-])OCC[N+]1(C)CCOCC1)OC(=O)CCCCCCCCCCCCCCCCC. The van der Waals surface area contributed by atoms with Crippen LogP contribution in [0.4, 0.5) is 0 Å². The summed E-state index contributed by atoms with van der Waals surface area (Å²) in [6.07, 6.45) is 67.9. The number of morpholine rings is 2. The van der Waals surface area contributed by atoms with Crippen molar-refractivity contribution in [1.82, 2.24) is 0 Å². The number of unbranched alkanes of at least 4 members (excludes halogenated alkanes) is 52. The van der Waals surface area contributed by atoms with E-state index in [1.807, 2.05) is 14.1 Å². The first-order chi connectivity index (χ1) is 53.4. The van der Waals surface area contributed by atoms with Crippen molar-refractivity contribution in [2.24, 2.45) is 0 Å². The lowest BCUT2D eigenvalue weighted by Gasteiger charge is -2.38. The minimum Gasteiger partial charge on any atom is -0.756 e. The lowest BCUT2D eigenvalue weighted by Crippen LogP contribution is -2.53. The largest absolute Gasteiger partial charge is 0.756 e. The first kappa shape index (κ1) is 106. The smallest absolute Gasteiger partial charge is 0.306 e. The Labute approximate surface area is 674 Å². The summed E-state index contributed by atoms with van der Waals surface area (Å²) in [6.45, 7) is 14.2. The van der Waals surface area contributed by atoms with Crippen LogP contribution in [-0.4, -0.2) is 164 Å². The molecule has 0 saturated carbocycles. The van der Waals surface area contributed by atoms with Gasteiger partial charge in [0.25, 0.3) is 15.6 Å². The van der Waals surface area contributed by atoms with Gasteiger partial charge in [-0.1, -0.05) is 362 Å². The van der Waals surface area contributed by atoms with Crippen LogP contribution < -0.4 is 9.79 Å². The Morgan fingerprint density at radius 3 is 0.691 bits per heavy atom. The number of carbonyl (C=O) groups is 4. The van der Waals surface area contributed by atoms with E-state index < -0.39 is 53.0 Å². The van der Waals surface area contributed by atoms with Gasteiger partial charge in [0.05, 0.1) is 53.7 Å². The van der Waals surface area contributed by atoms with Gasteiger partial charge in [0, 0.05) is 25.7 Å². The number of ether oxygens (including phenoxy) is 6. The summed E-state index contributed by atoms with van der Waals surface area (Å²) in [5.74, 6) is -1.64. The minimum absolute atomic E-state index is 0.0187. The maximum absolute atomic E-state index is 12.8. The summed E-state index contributed by atoms with van der Waals surface area (Å²) in [6, 6.07) is 0. The van der Waals surface area contributed by atoms with E-state index in [4.69, 9.17) is 46.5 Å². The lowest BCUT2D eigenvalue weighted by atomic mass is 10.0. The van der Waals surface area contributed by atoms with Gasteiger partial charge < -0.3 is 65.3 Å². The number of carbonyl (C=O) groups excluding carboxylic acids is 4. The zero-order chi connectivity index (χ0) is 80.3. The summed E-state index contributed by atoms with van der Waals surface area (Å²) in [4.78, 5) is 75.7. The van der Waals surface area contributed by atoms with Crippen molar-refractivity contribution in [1.29, 1.82) is 0 Å². The number of hydrogen-bond acceptors (Lipinski definition) is 18. The van der Waals surface area contributed by atoms with E-state index in [2.05, 4.69) is 27.7 Å². The molecular weight excluding hydrogens is 1430 g/mol. The summed E-state index contributed by atoms with van der Waals surface area (Å²) < 4.78 is 79.9. The molecule has 2 saturated heterocycles. The van der Waals surface area contributed by atoms with Crippen molar-refractivity contribution < 1.29 is 93.6 Å². The van der Waals surface area contributed by atoms with Crippen molar-refractivity contribution in [2.45, 2.75) is 425 Å². The molecule has 4 atom stereocenters. The molecule has 2 aliphatic rings. The monoisotopic (exact) mass is 1610 g/mol. The first-order valence-corrected chi connectivity index (χ1v) is 49.0. The highest BCUT2D eigenvalue weighted by Gasteiger charge is 2.29. The standard InChI is InChI=1S/C46H90NO9P.C42H82NO9P/c1-4-6-8-10-12-14-16-18-20-22-24-26-28-30-32-34-45(48)53-42-44(43-55-57(50,51)54-41-38-47(3)36-39-52-40-37-47)56-46(49)35-33-31-29-27-25-23-21-19-17-15-13-11-9-7-5-2;1-4-6-8-10-12-14-16-18-20-22-24-26-28-30-41(44)49-38-40(39-51-53(46,47)50-37-34-43(3)32-35-48-36-33-43)52-42(45)31-29-27-25-23-21-19-17-15-13-11-9-7-5-2/h44H,4-43H2,1-3H3;40H,4-39H2,1-3H3. The van der Waals surface area contributed by atoms with Gasteiger partial charge in [-0.2, -0.15) is 0 Å². The highest BCUT2D eigenvalue weighted by molar-refractivity contribution is 7.46. The molecular formula is C88H172N2O18P2. The van der Waals surface area contributed by atoms with Crippen LogP contribution in [0.25, 0.3) is 0 Å². The first-order valence-electron chi connectivity index (χ1n) is 46.1. The average Bonchev–Trinajstić information content (AvgIpc) is 0.874. The fourth-order valence-electron chi connectivity index (χ4n) is 14.3. The Bertz CT molecular complexity index is 2190. The Morgan fingerprint density at radius 2 is 0.482 bits per heavy atom. The maximum Gasteiger partial charge on any atom is 0.306 e. The lowest BCUT2D eigenvalue weighted by molar-refractivity contribution is -0.916. The predicted octanol–water partition coefficient (Wildman–Crippen LogP) is 22.3. The van der Waals surface area contributed by atoms with E-state index in [1.165, 1.54) is 283 Å². The van der Waals surface area contributed by atoms with E-state index in [0.717, 1.165) is 90.4 Å². The van der Waals surface area contributed by atoms with Gasteiger partial charge in [0.1, 0.15) is 65.7 Å². The van der Waals surface area contributed by atoms with E-state index in [0.29, 0.717) is 61.3 Å². The number of esters is 4. The Morgan fingerprint density at radius 1 is 0.291 bits per heavy atom. The third-order valence-electron chi connectivity index (χ3n) is 22.1. The third kappa shape index (κ3) is 71.3. The molecule has 2 aliphatic heterocycles. The molecule has 0 aromatic carbocycles. The predicted molar refractivity (Wildman–Crippen MR) is 444 cm³/mol. The van der Waals surface area contributed by atoms with Crippen molar-refractivity contribution in [3.05, 3.63) is 0 Å².